The summed E-state index contributed by atoms with van der Waals surface area (Å²) in [6.45, 7) is 4.60. The zero-order valence-electron chi connectivity index (χ0n) is 10.6. The molecule has 1 aromatic carbocycles. The van der Waals surface area contributed by atoms with E-state index < -0.39 is 5.60 Å². The van der Waals surface area contributed by atoms with Crippen LogP contribution in [-0.2, 0) is 6.54 Å². The molecule has 1 unspecified atom stereocenters. The highest BCUT2D eigenvalue weighted by atomic mass is 35.5. The molecule has 1 atom stereocenters. The van der Waals surface area contributed by atoms with E-state index in [0.717, 1.165) is 5.56 Å². The molecular formula is C13H20ClNO2. The van der Waals surface area contributed by atoms with Gasteiger partial charge in [0.25, 0.3) is 0 Å². The highest BCUT2D eigenvalue weighted by Crippen LogP contribution is 2.29. The van der Waals surface area contributed by atoms with Gasteiger partial charge < -0.3 is 15.2 Å². The molecule has 0 radical (unpaired) electrons. The molecule has 2 N–H and O–H groups in total. The maximum absolute atomic E-state index is 9.91. The molecule has 0 fully saturated rings. The van der Waals surface area contributed by atoms with Gasteiger partial charge in [-0.25, -0.2) is 0 Å². The Bertz CT molecular complexity index is 366. The van der Waals surface area contributed by atoms with Crippen molar-refractivity contribution in [1.82, 2.24) is 5.32 Å². The van der Waals surface area contributed by atoms with E-state index in [2.05, 4.69) is 5.32 Å². The van der Waals surface area contributed by atoms with E-state index in [-0.39, 0.29) is 6.61 Å². The summed E-state index contributed by atoms with van der Waals surface area (Å²) in [6, 6.07) is 5.63. The van der Waals surface area contributed by atoms with Crippen LogP contribution < -0.4 is 10.1 Å². The first kappa shape index (κ1) is 14.3. The number of hydrogen-bond donors (Lipinski definition) is 2. The van der Waals surface area contributed by atoms with Crippen molar-refractivity contribution in [1.29, 1.82) is 0 Å². The van der Waals surface area contributed by atoms with Crippen molar-refractivity contribution < 1.29 is 9.84 Å². The second-order valence-electron chi connectivity index (χ2n) is 4.40. The number of benzene rings is 1. The van der Waals surface area contributed by atoms with Gasteiger partial charge in [-0.2, -0.15) is 0 Å². The van der Waals surface area contributed by atoms with Crippen molar-refractivity contribution in [3.8, 4) is 5.75 Å². The Kier molecular flexibility index (Phi) is 5.25. The van der Waals surface area contributed by atoms with E-state index in [0.29, 0.717) is 23.7 Å². The van der Waals surface area contributed by atoms with Crippen molar-refractivity contribution >= 4 is 11.6 Å². The molecule has 0 saturated carbocycles. The molecule has 0 aliphatic rings. The maximum atomic E-state index is 9.91. The Balaban J connectivity index is 2.82. The van der Waals surface area contributed by atoms with Gasteiger partial charge >= 0.3 is 0 Å². The lowest BCUT2D eigenvalue weighted by atomic mass is 10.1. The topological polar surface area (TPSA) is 41.5 Å². The fraction of sp³-hybridized carbons (Fsp3) is 0.538. The lowest BCUT2D eigenvalue weighted by molar-refractivity contribution is 0.00820. The fourth-order valence-electron chi connectivity index (χ4n) is 1.37. The van der Waals surface area contributed by atoms with Crippen LogP contribution in [0.2, 0.25) is 5.02 Å². The van der Waals surface area contributed by atoms with Gasteiger partial charge in [0.1, 0.15) is 12.4 Å². The van der Waals surface area contributed by atoms with Crippen LogP contribution in [0.25, 0.3) is 0 Å². The van der Waals surface area contributed by atoms with E-state index in [1.165, 1.54) is 0 Å². The van der Waals surface area contributed by atoms with Crippen molar-refractivity contribution in [2.75, 3.05) is 13.7 Å². The van der Waals surface area contributed by atoms with Crippen molar-refractivity contribution in [3.63, 3.8) is 0 Å². The number of nitrogens with one attached hydrogen (secondary N) is 1. The van der Waals surface area contributed by atoms with Crippen LogP contribution in [0.5, 0.6) is 5.75 Å². The van der Waals surface area contributed by atoms with E-state index in [9.17, 15) is 5.11 Å². The zero-order valence-corrected chi connectivity index (χ0v) is 11.3. The predicted molar refractivity (Wildman–Crippen MR) is 70.6 cm³/mol. The Morgan fingerprint density at radius 1 is 1.47 bits per heavy atom. The van der Waals surface area contributed by atoms with Gasteiger partial charge in [-0.15, -0.1) is 0 Å². The largest absolute Gasteiger partial charge is 0.489 e. The summed E-state index contributed by atoms with van der Waals surface area (Å²) >= 11 is 6.10. The minimum absolute atomic E-state index is 0.240. The summed E-state index contributed by atoms with van der Waals surface area (Å²) in [5.41, 5.74) is 0.169. The van der Waals surface area contributed by atoms with Gasteiger partial charge in [0.2, 0.25) is 0 Å². The Hall–Kier alpha value is -0.770. The molecule has 0 aliphatic heterocycles. The Morgan fingerprint density at radius 2 is 2.18 bits per heavy atom. The third kappa shape index (κ3) is 4.19. The minimum Gasteiger partial charge on any atom is -0.489 e. The van der Waals surface area contributed by atoms with Crippen LogP contribution in [0.3, 0.4) is 0 Å². The first-order valence-electron chi connectivity index (χ1n) is 5.77. The molecule has 96 valence electrons. The van der Waals surface area contributed by atoms with Gasteiger partial charge in [-0.05, 0) is 26.5 Å². The van der Waals surface area contributed by atoms with E-state index in [1.54, 1.807) is 13.0 Å². The Morgan fingerprint density at radius 3 is 2.76 bits per heavy atom. The molecule has 0 spiro atoms. The molecular weight excluding hydrogens is 238 g/mol. The first-order chi connectivity index (χ1) is 8.00. The fourth-order valence-corrected chi connectivity index (χ4v) is 1.62. The molecule has 0 aliphatic carbocycles. The maximum Gasteiger partial charge on any atom is 0.142 e. The number of halogens is 1. The summed E-state index contributed by atoms with van der Waals surface area (Å²) in [5.74, 6) is 0.650. The number of ether oxygens (including phenoxy) is 1. The van der Waals surface area contributed by atoms with Crippen molar-refractivity contribution in [2.24, 2.45) is 0 Å². The molecule has 17 heavy (non-hydrogen) atoms. The molecule has 3 nitrogen and oxygen atoms in total. The van der Waals surface area contributed by atoms with Gasteiger partial charge in [-0.3, -0.25) is 0 Å². The third-order valence-electron chi connectivity index (χ3n) is 2.70. The third-order valence-corrected chi connectivity index (χ3v) is 3.00. The van der Waals surface area contributed by atoms with Gasteiger partial charge in [0.15, 0.2) is 0 Å². The monoisotopic (exact) mass is 257 g/mol. The second kappa shape index (κ2) is 6.24. The normalized spacial score (nSPS) is 14.4. The molecule has 0 aromatic heterocycles. The van der Waals surface area contributed by atoms with Crippen molar-refractivity contribution in [3.05, 3.63) is 28.8 Å². The standard InChI is InChI=1S/C13H20ClNO2/c1-4-13(2,16)9-17-12-10(8-15-3)6-5-7-11(12)14/h5-7,15-16H,4,8-9H2,1-3H3. The van der Waals surface area contributed by atoms with Crippen LogP contribution >= 0.6 is 11.6 Å². The lowest BCUT2D eigenvalue weighted by Crippen LogP contribution is -2.31. The van der Waals surface area contributed by atoms with Gasteiger partial charge in [0.05, 0.1) is 10.6 Å². The van der Waals surface area contributed by atoms with E-state index >= 15 is 0 Å². The molecule has 0 bridgehead atoms. The summed E-state index contributed by atoms with van der Waals surface area (Å²) < 4.78 is 5.65. The van der Waals surface area contributed by atoms with Crippen LogP contribution in [0.1, 0.15) is 25.8 Å². The highest BCUT2D eigenvalue weighted by molar-refractivity contribution is 6.32. The first-order valence-corrected chi connectivity index (χ1v) is 6.15. The predicted octanol–water partition coefficient (Wildman–Crippen LogP) is 2.60. The molecule has 1 aromatic rings. The molecule has 0 saturated heterocycles. The van der Waals surface area contributed by atoms with Gasteiger partial charge in [0, 0.05) is 12.1 Å². The van der Waals surface area contributed by atoms with Crippen LogP contribution in [0, 0.1) is 0 Å². The Labute approximate surface area is 108 Å². The molecule has 4 heteroatoms. The smallest absolute Gasteiger partial charge is 0.142 e. The average molecular weight is 258 g/mol. The number of aliphatic hydroxyl groups is 1. The second-order valence-corrected chi connectivity index (χ2v) is 4.80. The van der Waals surface area contributed by atoms with Crippen molar-refractivity contribution in [2.45, 2.75) is 32.4 Å². The quantitative estimate of drug-likeness (QED) is 0.823. The summed E-state index contributed by atoms with van der Waals surface area (Å²) in [6.07, 6.45) is 0.638. The minimum atomic E-state index is -0.823. The van der Waals surface area contributed by atoms with E-state index in [4.69, 9.17) is 16.3 Å². The van der Waals surface area contributed by atoms with Gasteiger partial charge in [-0.1, -0.05) is 30.7 Å². The van der Waals surface area contributed by atoms with Crippen LogP contribution in [0.15, 0.2) is 18.2 Å². The SMILES string of the molecule is CCC(C)(O)COc1c(Cl)cccc1CNC. The summed E-state index contributed by atoms with van der Waals surface area (Å²) in [7, 11) is 1.87. The average Bonchev–Trinajstić information content (AvgIpc) is 2.29. The summed E-state index contributed by atoms with van der Waals surface area (Å²) in [5, 5.41) is 13.5. The van der Waals surface area contributed by atoms with E-state index in [1.807, 2.05) is 26.1 Å². The zero-order chi connectivity index (χ0) is 12.9. The summed E-state index contributed by atoms with van der Waals surface area (Å²) in [4.78, 5) is 0. The van der Waals surface area contributed by atoms with Crippen LogP contribution in [0.4, 0.5) is 0 Å². The molecule has 0 amide bonds. The number of hydrogen-bond acceptors (Lipinski definition) is 3. The number of para-hydroxylation sites is 1. The molecule has 1 rings (SSSR count). The van der Waals surface area contributed by atoms with Crippen LogP contribution in [-0.4, -0.2) is 24.4 Å². The highest BCUT2D eigenvalue weighted by Gasteiger charge is 2.20. The number of rotatable bonds is 6. The molecule has 0 heterocycles. The lowest BCUT2D eigenvalue weighted by Gasteiger charge is -2.23.